The van der Waals surface area contributed by atoms with Crippen molar-refractivity contribution in [1.82, 2.24) is 8.96 Å². The van der Waals surface area contributed by atoms with Crippen LogP contribution in [0.15, 0.2) is 133 Å². The molecule has 4 aromatic carbocycles. The summed E-state index contributed by atoms with van der Waals surface area (Å²) in [7, 11) is 0. The van der Waals surface area contributed by atoms with Crippen LogP contribution in [0.2, 0.25) is 0 Å². The third-order valence-corrected chi connectivity index (χ3v) is 10.3. The first-order valence-corrected chi connectivity index (χ1v) is 15.7. The van der Waals surface area contributed by atoms with Gasteiger partial charge in [0.2, 0.25) is 0 Å². The van der Waals surface area contributed by atoms with Gasteiger partial charge in [-0.05, 0) is 62.3 Å². The molecule has 2 aliphatic heterocycles. The predicted molar refractivity (Wildman–Crippen MR) is 185 cm³/mol. The number of rotatable bonds is 5. The maximum absolute atomic E-state index is 2.61. The fourth-order valence-electron chi connectivity index (χ4n) is 8.69. The molecule has 6 heteroatoms. The maximum atomic E-state index is 2.61. The summed E-state index contributed by atoms with van der Waals surface area (Å²) in [4.78, 5) is 0. The molecule has 214 valence electrons. The van der Waals surface area contributed by atoms with Gasteiger partial charge in [0.05, 0.1) is 11.4 Å². The second-order valence-electron chi connectivity index (χ2n) is 12.7. The highest BCUT2D eigenvalue weighted by atomic mass is 15.5. The van der Waals surface area contributed by atoms with E-state index >= 15 is 0 Å². The third-order valence-electron chi connectivity index (χ3n) is 10.3. The SMILES string of the molecule is Cc1cc(C)n2c1C=[N+]([N+]1=Cc3c(C)cc(C)n3[B-]1(c1ccccc1)c1ccccc1)[B-]2(c1ccccc1)c1ccccc1. The fraction of sp³-hybridized carbons (Fsp3) is 0.105. The summed E-state index contributed by atoms with van der Waals surface area (Å²) in [6, 6.07) is 49.1. The minimum atomic E-state index is -1.69. The Morgan fingerprint density at radius 3 is 0.955 bits per heavy atom. The van der Waals surface area contributed by atoms with Crippen LogP contribution in [0.4, 0.5) is 0 Å². The normalized spacial score (nSPS) is 15.9. The summed E-state index contributed by atoms with van der Waals surface area (Å²) >= 11 is 0. The molecular formula is C38H36B2N4. The van der Waals surface area contributed by atoms with Crippen molar-refractivity contribution in [2.75, 3.05) is 0 Å². The standard InChI is InChI=1S/C38H36B2N4/c1-29-25-31(3)43-37(29)27-41(39(43,33-17-9-5-10-18-33)34-19-11-6-12-20-34)42-28-38-30(2)26-32(4)44(38)40(42,35-21-13-7-14-22-35)36-23-15-8-16-24-36/h5-28H,1-4H3. The molecule has 0 atom stereocenters. The van der Waals surface area contributed by atoms with Gasteiger partial charge in [-0.1, -0.05) is 121 Å². The monoisotopic (exact) mass is 570 g/mol. The molecule has 0 spiro atoms. The van der Waals surface area contributed by atoms with E-state index in [1.807, 2.05) is 0 Å². The number of benzene rings is 4. The number of hydrogen-bond acceptors (Lipinski definition) is 0. The van der Waals surface area contributed by atoms with Crippen LogP contribution in [0.25, 0.3) is 0 Å². The van der Waals surface area contributed by atoms with Gasteiger partial charge in [0.15, 0.2) is 12.4 Å². The van der Waals surface area contributed by atoms with Gasteiger partial charge >= 0.3 is 12.8 Å². The lowest BCUT2D eigenvalue weighted by Gasteiger charge is -2.41. The Bertz CT molecular complexity index is 1860. The predicted octanol–water partition coefficient (Wildman–Crippen LogP) is 4.24. The lowest BCUT2D eigenvalue weighted by molar-refractivity contribution is -0.991. The fourth-order valence-corrected chi connectivity index (χ4v) is 8.69. The Balaban J connectivity index is 1.56. The molecule has 0 radical (unpaired) electrons. The first kappa shape index (κ1) is 26.5. The molecule has 0 N–H and O–H groups in total. The summed E-state index contributed by atoms with van der Waals surface area (Å²) in [5, 5.41) is 0. The van der Waals surface area contributed by atoms with Gasteiger partial charge in [-0.15, -0.1) is 21.9 Å². The first-order chi connectivity index (χ1) is 21.5. The van der Waals surface area contributed by atoms with Crippen molar-refractivity contribution < 1.29 is 9.19 Å². The molecule has 4 nitrogen and oxygen atoms in total. The molecule has 2 aromatic heterocycles. The van der Waals surface area contributed by atoms with Crippen LogP contribution in [0.1, 0.15) is 33.9 Å². The zero-order valence-electron chi connectivity index (χ0n) is 25.8. The zero-order chi connectivity index (χ0) is 30.1. The molecule has 0 saturated heterocycles. The van der Waals surface area contributed by atoms with Crippen molar-refractivity contribution in [3.05, 3.63) is 167 Å². The molecule has 2 aliphatic rings. The number of aromatic nitrogens is 2. The molecule has 6 aromatic rings. The van der Waals surface area contributed by atoms with Gasteiger partial charge in [-0.3, -0.25) is 0 Å². The van der Waals surface area contributed by atoms with Crippen molar-refractivity contribution in [3.8, 4) is 0 Å². The van der Waals surface area contributed by atoms with Crippen molar-refractivity contribution in [1.29, 1.82) is 0 Å². The molecule has 0 bridgehead atoms. The minimum absolute atomic E-state index is 1.25. The second-order valence-corrected chi connectivity index (χ2v) is 12.7. The van der Waals surface area contributed by atoms with Crippen LogP contribution >= 0.6 is 0 Å². The highest BCUT2D eigenvalue weighted by Crippen LogP contribution is 2.31. The Morgan fingerprint density at radius 1 is 0.409 bits per heavy atom. The maximum Gasteiger partial charge on any atom is 0.488 e. The van der Waals surface area contributed by atoms with E-state index in [1.165, 1.54) is 55.8 Å². The number of fused-ring (bicyclic) bond motifs is 2. The average molecular weight is 570 g/mol. The van der Waals surface area contributed by atoms with Crippen LogP contribution in [0, 0.1) is 27.7 Å². The molecule has 0 aliphatic carbocycles. The van der Waals surface area contributed by atoms with E-state index in [1.54, 1.807) is 0 Å². The summed E-state index contributed by atoms with van der Waals surface area (Å²) < 4.78 is 10.4. The molecule has 4 heterocycles. The molecule has 0 fully saturated rings. The largest absolute Gasteiger partial charge is 0.488 e. The average Bonchev–Trinajstić information content (AvgIpc) is 3.77. The number of aryl methyl sites for hydroxylation is 4. The van der Waals surface area contributed by atoms with E-state index in [4.69, 9.17) is 0 Å². The van der Waals surface area contributed by atoms with E-state index < -0.39 is 12.8 Å². The van der Waals surface area contributed by atoms with Gasteiger partial charge < -0.3 is 8.96 Å². The number of nitrogens with zero attached hydrogens (tertiary/aromatic N) is 4. The molecule has 0 saturated carbocycles. The summed E-state index contributed by atoms with van der Waals surface area (Å²) in [5.41, 5.74) is 12.7. The van der Waals surface area contributed by atoms with E-state index in [0.717, 1.165) is 0 Å². The number of hydrazone groups is 2. The molecule has 0 amide bonds. The Kier molecular flexibility index (Phi) is 5.86. The van der Waals surface area contributed by atoms with Crippen molar-refractivity contribution in [2.24, 2.45) is 0 Å². The van der Waals surface area contributed by atoms with Gasteiger partial charge in [0, 0.05) is 0 Å². The number of hydrazine groups is 1. The molecular weight excluding hydrogens is 534 g/mol. The Labute approximate surface area is 259 Å². The van der Waals surface area contributed by atoms with Gasteiger partial charge in [-0.25, -0.2) is 9.19 Å². The van der Waals surface area contributed by atoms with E-state index in [0.29, 0.717) is 0 Å². The smallest absolute Gasteiger partial charge is 0.442 e. The van der Waals surface area contributed by atoms with E-state index in [-0.39, 0.29) is 0 Å². The summed E-state index contributed by atoms with van der Waals surface area (Å²) in [6.07, 6.45) is 1.45. The number of hydrogen-bond donors (Lipinski definition) is 0. The summed E-state index contributed by atoms with van der Waals surface area (Å²) in [5.74, 6) is 0. The highest BCUT2D eigenvalue weighted by molar-refractivity contribution is 6.98. The quantitative estimate of drug-likeness (QED) is 0.276. The minimum Gasteiger partial charge on any atom is -0.442 e. The zero-order valence-corrected chi connectivity index (χ0v) is 25.8. The van der Waals surface area contributed by atoms with Crippen molar-refractivity contribution in [2.45, 2.75) is 27.7 Å². The van der Waals surface area contributed by atoms with Crippen LogP contribution in [-0.4, -0.2) is 43.4 Å². The Hall–Kier alpha value is -5.09. The van der Waals surface area contributed by atoms with Crippen LogP contribution in [0.5, 0.6) is 0 Å². The van der Waals surface area contributed by atoms with E-state index in [2.05, 4.69) is 192 Å². The van der Waals surface area contributed by atoms with E-state index in [9.17, 15) is 0 Å². The molecule has 8 rings (SSSR count). The van der Waals surface area contributed by atoms with Gasteiger partial charge in [-0.2, -0.15) is 0 Å². The third kappa shape index (κ3) is 3.37. The van der Waals surface area contributed by atoms with Gasteiger partial charge in [0.1, 0.15) is 0 Å². The highest BCUT2D eigenvalue weighted by Gasteiger charge is 2.62. The van der Waals surface area contributed by atoms with Gasteiger partial charge in [0.25, 0.3) is 0 Å². The topological polar surface area (TPSA) is 15.9 Å². The summed E-state index contributed by atoms with van der Waals surface area (Å²) in [6.45, 7) is 9.00. The molecule has 0 unspecified atom stereocenters. The lowest BCUT2D eigenvalue weighted by atomic mass is 9.34. The first-order valence-electron chi connectivity index (χ1n) is 15.7. The lowest BCUT2D eigenvalue weighted by Crippen LogP contribution is -2.79. The van der Waals surface area contributed by atoms with Crippen molar-refractivity contribution >= 4 is 47.1 Å². The second kappa shape index (κ2) is 9.72. The van der Waals surface area contributed by atoms with Crippen molar-refractivity contribution in [3.63, 3.8) is 0 Å². The van der Waals surface area contributed by atoms with Crippen LogP contribution in [-0.2, 0) is 0 Å². The van der Waals surface area contributed by atoms with Crippen LogP contribution in [0.3, 0.4) is 0 Å². The molecule has 44 heavy (non-hydrogen) atoms. The van der Waals surface area contributed by atoms with Crippen LogP contribution < -0.4 is 21.9 Å². The Morgan fingerprint density at radius 2 is 0.682 bits per heavy atom.